The van der Waals surface area contributed by atoms with Crippen molar-refractivity contribution in [2.75, 3.05) is 0 Å². The van der Waals surface area contributed by atoms with Crippen LogP contribution in [0.15, 0.2) is 30.3 Å². The molecule has 2 aliphatic carbocycles. The van der Waals surface area contributed by atoms with Crippen molar-refractivity contribution in [2.45, 2.75) is 70.2 Å². The van der Waals surface area contributed by atoms with Crippen LogP contribution < -0.4 is 10.6 Å². The summed E-state index contributed by atoms with van der Waals surface area (Å²) < 4.78 is 5.26. The van der Waals surface area contributed by atoms with Crippen molar-refractivity contribution in [3.8, 4) is 0 Å². The number of carbonyl (C=O) groups excluding carboxylic acids is 1. The van der Waals surface area contributed by atoms with Gasteiger partial charge in [0.15, 0.2) is 0 Å². The SMILES string of the molecule is C[C@H](NC1CC(NC(=O)OCc2ccccc2)C1)C1CCCC1. The third kappa shape index (κ3) is 4.71. The summed E-state index contributed by atoms with van der Waals surface area (Å²) in [5.74, 6) is 0.845. The van der Waals surface area contributed by atoms with E-state index >= 15 is 0 Å². The maximum Gasteiger partial charge on any atom is 0.407 e. The van der Waals surface area contributed by atoms with E-state index in [0.717, 1.165) is 24.3 Å². The third-order valence-electron chi connectivity index (χ3n) is 5.28. The normalized spacial score (nSPS) is 25.6. The fraction of sp³-hybridized carbons (Fsp3) is 0.632. The summed E-state index contributed by atoms with van der Waals surface area (Å²) in [7, 11) is 0. The molecule has 0 heterocycles. The molecule has 0 spiro atoms. The lowest BCUT2D eigenvalue weighted by molar-refractivity contribution is 0.123. The summed E-state index contributed by atoms with van der Waals surface area (Å²) in [5, 5.41) is 6.69. The van der Waals surface area contributed by atoms with Gasteiger partial charge in [-0.2, -0.15) is 0 Å². The molecular weight excluding hydrogens is 288 g/mol. The van der Waals surface area contributed by atoms with Crippen LogP contribution in [0.3, 0.4) is 0 Å². The fourth-order valence-electron chi connectivity index (χ4n) is 3.77. The van der Waals surface area contributed by atoms with Gasteiger partial charge in [-0.1, -0.05) is 43.2 Å². The number of benzene rings is 1. The van der Waals surface area contributed by atoms with Crippen molar-refractivity contribution in [3.05, 3.63) is 35.9 Å². The van der Waals surface area contributed by atoms with E-state index < -0.39 is 0 Å². The molecule has 2 aliphatic rings. The topological polar surface area (TPSA) is 50.4 Å². The molecule has 1 aromatic rings. The summed E-state index contributed by atoms with van der Waals surface area (Å²) in [6.07, 6.45) is 7.23. The molecule has 0 saturated heterocycles. The minimum atomic E-state index is -0.304. The van der Waals surface area contributed by atoms with E-state index in [0.29, 0.717) is 18.7 Å². The highest BCUT2D eigenvalue weighted by Gasteiger charge is 2.33. The molecule has 0 unspecified atom stereocenters. The van der Waals surface area contributed by atoms with Crippen LogP contribution in [-0.4, -0.2) is 24.2 Å². The molecule has 2 N–H and O–H groups in total. The molecule has 0 radical (unpaired) electrons. The average molecular weight is 316 g/mol. The zero-order valence-corrected chi connectivity index (χ0v) is 14.0. The number of alkyl carbamates (subject to hydrolysis) is 1. The standard InChI is InChI=1S/C19H28N2O2/c1-14(16-9-5-6-10-16)20-17-11-18(12-17)21-19(22)23-13-15-7-3-2-4-8-15/h2-4,7-8,14,16-18,20H,5-6,9-13H2,1H3,(H,21,22)/t14-,17?,18?/m0/s1. The zero-order valence-electron chi connectivity index (χ0n) is 14.0. The lowest BCUT2D eigenvalue weighted by Crippen LogP contribution is -2.55. The number of hydrogen-bond donors (Lipinski definition) is 2. The highest BCUT2D eigenvalue weighted by Crippen LogP contribution is 2.29. The maximum atomic E-state index is 11.8. The first-order chi connectivity index (χ1) is 11.2. The van der Waals surface area contributed by atoms with Gasteiger partial charge in [-0.25, -0.2) is 4.79 Å². The molecule has 0 aliphatic heterocycles. The van der Waals surface area contributed by atoms with Crippen molar-refractivity contribution in [1.29, 1.82) is 0 Å². The molecular formula is C19H28N2O2. The van der Waals surface area contributed by atoms with Gasteiger partial charge >= 0.3 is 6.09 Å². The summed E-state index contributed by atoms with van der Waals surface area (Å²) in [5.41, 5.74) is 1.01. The van der Waals surface area contributed by atoms with Crippen molar-refractivity contribution in [1.82, 2.24) is 10.6 Å². The van der Waals surface area contributed by atoms with E-state index in [9.17, 15) is 4.79 Å². The van der Waals surface area contributed by atoms with Gasteiger partial charge in [-0.3, -0.25) is 0 Å². The number of ether oxygens (including phenoxy) is 1. The molecule has 0 bridgehead atoms. The first-order valence-electron chi connectivity index (χ1n) is 8.94. The van der Waals surface area contributed by atoms with Crippen LogP contribution >= 0.6 is 0 Å². The van der Waals surface area contributed by atoms with Crippen molar-refractivity contribution < 1.29 is 9.53 Å². The number of rotatable bonds is 6. The van der Waals surface area contributed by atoms with Gasteiger partial charge in [0, 0.05) is 18.1 Å². The Hall–Kier alpha value is -1.55. The van der Waals surface area contributed by atoms with Crippen molar-refractivity contribution >= 4 is 6.09 Å². The Morgan fingerprint density at radius 3 is 2.57 bits per heavy atom. The van der Waals surface area contributed by atoms with Gasteiger partial charge in [0.2, 0.25) is 0 Å². The number of hydrogen-bond acceptors (Lipinski definition) is 3. The van der Waals surface area contributed by atoms with E-state index in [1.54, 1.807) is 0 Å². The Balaban J connectivity index is 1.30. The van der Waals surface area contributed by atoms with E-state index in [-0.39, 0.29) is 12.1 Å². The molecule has 23 heavy (non-hydrogen) atoms. The lowest BCUT2D eigenvalue weighted by Gasteiger charge is -2.39. The summed E-state index contributed by atoms with van der Waals surface area (Å²) in [6.45, 7) is 2.64. The Labute approximate surface area is 139 Å². The molecule has 2 saturated carbocycles. The minimum absolute atomic E-state index is 0.256. The second-order valence-electron chi connectivity index (χ2n) is 7.07. The smallest absolute Gasteiger partial charge is 0.407 e. The summed E-state index contributed by atoms with van der Waals surface area (Å²) in [6, 6.07) is 11.2. The monoisotopic (exact) mass is 316 g/mol. The molecule has 4 heteroatoms. The van der Waals surface area contributed by atoms with E-state index in [4.69, 9.17) is 4.74 Å². The average Bonchev–Trinajstić information content (AvgIpc) is 3.06. The third-order valence-corrected chi connectivity index (χ3v) is 5.28. The lowest BCUT2D eigenvalue weighted by atomic mass is 9.85. The molecule has 1 amide bonds. The second-order valence-corrected chi connectivity index (χ2v) is 7.07. The zero-order chi connectivity index (χ0) is 16.1. The van der Waals surface area contributed by atoms with E-state index in [1.807, 2.05) is 30.3 Å². The largest absolute Gasteiger partial charge is 0.445 e. The first kappa shape index (κ1) is 16.3. The van der Waals surface area contributed by atoms with Crippen LogP contribution in [0.2, 0.25) is 0 Å². The molecule has 1 atom stereocenters. The van der Waals surface area contributed by atoms with Gasteiger partial charge in [0.25, 0.3) is 0 Å². The fourth-order valence-corrected chi connectivity index (χ4v) is 3.77. The maximum absolute atomic E-state index is 11.8. The summed E-state index contributed by atoms with van der Waals surface area (Å²) >= 11 is 0. The highest BCUT2D eigenvalue weighted by molar-refractivity contribution is 5.67. The van der Waals surface area contributed by atoms with Crippen LogP contribution in [0, 0.1) is 5.92 Å². The van der Waals surface area contributed by atoms with Crippen molar-refractivity contribution in [3.63, 3.8) is 0 Å². The number of amides is 1. The van der Waals surface area contributed by atoms with Gasteiger partial charge in [0.05, 0.1) is 0 Å². The molecule has 126 valence electrons. The van der Waals surface area contributed by atoms with E-state index in [1.165, 1.54) is 25.7 Å². The van der Waals surface area contributed by atoms with Crippen LogP contribution in [0.4, 0.5) is 4.79 Å². The van der Waals surface area contributed by atoms with Gasteiger partial charge in [-0.15, -0.1) is 0 Å². The minimum Gasteiger partial charge on any atom is -0.445 e. The van der Waals surface area contributed by atoms with Crippen LogP contribution in [0.5, 0.6) is 0 Å². The Bertz CT molecular complexity index is 493. The Kier molecular flexibility index (Phi) is 5.55. The highest BCUT2D eigenvalue weighted by atomic mass is 16.5. The molecule has 0 aromatic heterocycles. The number of nitrogens with one attached hydrogen (secondary N) is 2. The quantitative estimate of drug-likeness (QED) is 0.843. The van der Waals surface area contributed by atoms with Gasteiger partial charge in [0.1, 0.15) is 6.61 Å². The van der Waals surface area contributed by atoms with Gasteiger partial charge < -0.3 is 15.4 Å². The van der Waals surface area contributed by atoms with Crippen LogP contribution in [0.1, 0.15) is 51.0 Å². The second kappa shape index (κ2) is 7.82. The Morgan fingerprint density at radius 1 is 1.17 bits per heavy atom. The molecule has 1 aromatic carbocycles. The van der Waals surface area contributed by atoms with Crippen LogP contribution in [0.25, 0.3) is 0 Å². The van der Waals surface area contributed by atoms with E-state index in [2.05, 4.69) is 17.6 Å². The Morgan fingerprint density at radius 2 is 1.87 bits per heavy atom. The number of carbonyl (C=O) groups is 1. The van der Waals surface area contributed by atoms with Crippen LogP contribution in [-0.2, 0) is 11.3 Å². The van der Waals surface area contributed by atoms with Gasteiger partial charge in [-0.05, 0) is 44.1 Å². The first-order valence-corrected chi connectivity index (χ1v) is 8.94. The molecule has 3 rings (SSSR count). The van der Waals surface area contributed by atoms with Crippen molar-refractivity contribution in [2.24, 2.45) is 5.92 Å². The predicted octanol–water partition coefficient (Wildman–Crippen LogP) is 3.61. The predicted molar refractivity (Wildman–Crippen MR) is 91.1 cm³/mol. The molecule has 2 fully saturated rings. The molecule has 4 nitrogen and oxygen atoms in total. The summed E-state index contributed by atoms with van der Waals surface area (Å²) in [4.78, 5) is 11.8.